The fraction of sp³-hybridized carbons (Fsp3) is 0.533. The number of ether oxygens (including phenoxy) is 1. The van der Waals surface area contributed by atoms with Gasteiger partial charge in [-0.05, 0) is 37.5 Å². The summed E-state index contributed by atoms with van der Waals surface area (Å²) in [5.74, 6) is 1.67. The van der Waals surface area contributed by atoms with Gasteiger partial charge < -0.3 is 10.5 Å². The third-order valence-electron chi connectivity index (χ3n) is 3.85. The Balaban J connectivity index is 2.22. The van der Waals surface area contributed by atoms with E-state index in [1.54, 1.807) is 7.11 Å². The van der Waals surface area contributed by atoms with Crippen molar-refractivity contribution in [3.05, 3.63) is 29.3 Å². The normalized spacial score (nSPS) is 23.5. The molecule has 2 N–H and O–H groups in total. The van der Waals surface area contributed by atoms with E-state index in [1.807, 2.05) is 12.1 Å². The van der Waals surface area contributed by atoms with E-state index in [9.17, 15) is 0 Å². The first kappa shape index (κ1) is 14.3. The van der Waals surface area contributed by atoms with Gasteiger partial charge in [0.1, 0.15) is 10.7 Å². The lowest BCUT2D eigenvalue weighted by Crippen LogP contribution is -2.27. The van der Waals surface area contributed by atoms with Crippen LogP contribution in [0.5, 0.6) is 5.75 Å². The minimum Gasteiger partial charge on any atom is -0.496 e. The van der Waals surface area contributed by atoms with Gasteiger partial charge in [0.15, 0.2) is 0 Å². The largest absolute Gasteiger partial charge is 0.496 e. The molecule has 1 aliphatic heterocycles. The highest BCUT2D eigenvalue weighted by Gasteiger charge is 2.26. The number of nitrogens with two attached hydrogens (primary N) is 1. The zero-order chi connectivity index (χ0) is 14.0. The number of hydrogen-bond donors (Lipinski definition) is 1. The number of hydrogen-bond acceptors (Lipinski definition) is 3. The minimum atomic E-state index is 0.437. The Morgan fingerprint density at radius 3 is 2.74 bits per heavy atom. The smallest absolute Gasteiger partial charge is 0.123 e. The van der Waals surface area contributed by atoms with Crippen molar-refractivity contribution in [2.75, 3.05) is 13.7 Å². The van der Waals surface area contributed by atoms with Crippen molar-refractivity contribution in [2.24, 2.45) is 11.7 Å². The number of thiocarbonyl (C=S) groups is 1. The average Bonchev–Trinajstić information content (AvgIpc) is 2.67. The molecule has 4 heteroatoms. The number of rotatable bonds is 4. The summed E-state index contributed by atoms with van der Waals surface area (Å²) in [4.78, 5) is 2.93. The SMILES string of the molecule is COc1ccc(C(N)=S)cc1CN1CC(C)CC1C. The average molecular weight is 278 g/mol. The molecule has 0 bridgehead atoms. The fourth-order valence-corrected chi connectivity index (χ4v) is 3.01. The zero-order valence-corrected chi connectivity index (χ0v) is 12.7. The number of benzene rings is 1. The maximum Gasteiger partial charge on any atom is 0.123 e. The van der Waals surface area contributed by atoms with Crippen molar-refractivity contribution in [1.29, 1.82) is 0 Å². The van der Waals surface area contributed by atoms with Crippen LogP contribution in [0, 0.1) is 5.92 Å². The quantitative estimate of drug-likeness (QED) is 0.859. The Labute approximate surface area is 120 Å². The first-order valence-electron chi connectivity index (χ1n) is 6.72. The van der Waals surface area contributed by atoms with E-state index in [0.29, 0.717) is 11.0 Å². The van der Waals surface area contributed by atoms with Gasteiger partial charge in [0, 0.05) is 30.3 Å². The van der Waals surface area contributed by atoms with E-state index >= 15 is 0 Å². The van der Waals surface area contributed by atoms with Crippen molar-refractivity contribution in [3.63, 3.8) is 0 Å². The van der Waals surface area contributed by atoms with Crippen LogP contribution < -0.4 is 10.5 Å². The molecule has 0 spiro atoms. The Morgan fingerprint density at radius 2 is 2.21 bits per heavy atom. The van der Waals surface area contributed by atoms with Gasteiger partial charge in [0.05, 0.1) is 7.11 Å². The third kappa shape index (κ3) is 3.25. The van der Waals surface area contributed by atoms with Gasteiger partial charge in [-0.1, -0.05) is 19.1 Å². The molecule has 1 heterocycles. The van der Waals surface area contributed by atoms with Crippen LogP contribution in [0.4, 0.5) is 0 Å². The van der Waals surface area contributed by atoms with Gasteiger partial charge in [-0.2, -0.15) is 0 Å². The van der Waals surface area contributed by atoms with E-state index in [1.165, 1.54) is 6.42 Å². The summed E-state index contributed by atoms with van der Waals surface area (Å²) in [6.07, 6.45) is 1.26. The van der Waals surface area contributed by atoms with Crippen LogP contribution in [0.25, 0.3) is 0 Å². The molecule has 2 rings (SSSR count). The predicted octanol–water partition coefficient (Wildman–Crippen LogP) is 2.56. The van der Waals surface area contributed by atoms with Crippen LogP contribution in [-0.2, 0) is 6.54 Å². The molecule has 3 nitrogen and oxygen atoms in total. The second-order valence-corrected chi connectivity index (χ2v) is 5.95. The predicted molar refractivity (Wildman–Crippen MR) is 82.5 cm³/mol. The molecule has 1 aliphatic rings. The molecule has 1 aromatic rings. The minimum absolute atomic E-state index is 0.437. The lowest BCUT2D eigenvalue weighted by atomic mass is 10.1. The molecule has 2 unspecified atom stereocenters. The van der Waals surface area contributed by atoms with Crippen LogP contribution in [0.2, 0.25) is 0 Å². The van der Waals surface area contributed by atoms with E-state index in [2.05, 4.69) is 24.8 Å². The Hall–Kier alpha value is -1.13. The van der Waals surface area contributed by atoms with Crippen molar-refractivity contribution in [3.8, 4) is 5.75 Å². The van der Waals surface area contributed by atoms with Crippen LogP contribution in [0.1, 0.15) is 31.4 Å². The monoisotopic (exact) mass is 278 g/mol. The Morgan fingerprint density at radius 1 is 1.47 bits per heavy atom. The summed E-state index contributed by atoms with van der Waals surface area (Å²) in [5, 5.41) is 0. The van der Waals surface area contributed by atoms with E-state index in [4.69, 9.17) is 22.7 Å². The van der Waals surface area contributed by atoms with Gasteiger partial charge >= 0.3 is 0 Å². The first-order valence-corrected chi connectivity index (χ1v) is 7.13. The Bertz CT molecular complexity index is 475. The number of methoxy groups -OCH3 is 1. The van der Waals surface area contributed by atoms with Crippen LogP contribution >= 0.6 is 12.2 Å². The lowest BCUT2D eigenvalue weighted by molar-refractivity contribution is 0.252. The van der Waals surface area contributed by atoms with E-state index in [-0.39, 0.29) is 0 Å². The molecule has 0 amide bonds. The van der Waals surface area contributed by atoms with Gasteiger partial charge in [0.25, 0.3) is 0 Å². The molecule has 0 radical (unpaired) electrons. The highest BCUT2D eigenvalue weighted by Crippen LogP contribution is 2.28. The summed E-state index contributed by atoms with van der Waals surface area (Å²) in [6.45, 7) is 6.62. The molecule has 1 fully saturated rings. The first-order chi connectivity index (χ1) is 9.01. The number of nitrogens with zero attached hydrogens (tertiary/aromatic N) is 1. The zero-order valence-electron chi connectivity index (χ0n) is 11.8. The van der Waals surface area contributed by atoms with Crippen LogP contribution in [0.3, 0.4) is 0 Å². The van der Waals surface area contributed by atoms with Crippen molar-refractivity contribution in [1.82, 2.24) is 4.90 Å². The molecule has 104 valence electrons. The molecule has 0 aliphatic carbocycles. The molecule has 1 aromatic carbocycles. The van der Waals surface area contributed by atoms with E-state index in [0.717, 1.165) is 35.9 Å². The van der Waals surface area contributed by atoms with Gasteiger partial charge in [-0.25, -0.2) is 0 Å². The molecule has 1 saturated heterocycles. The van der Waals surface area contributed by atoms with Gasteiger partial charge in [-0.15, -0.1) is 0 Å². The molecule has 0 saturated carbocycles. The number of likely N-dealkylation sites (tertiary alicyclic amines) is 1. The molecular weight excluding hydrogens is 256 g/mol. The Kier molecular flexibility index (Phi) is 4.42. The second kappa shape index (κ2) is 5.88. The van der Waals surface area contributed by atoms with Crippen molar-refractivity contribution in [2.45, 2.75) is 32.9 Å². The molecule has 2 atom stereocenters. The highest BCUT2D eigenvalue weighted by molar-refractivity contribution is 7.80. The van der Waals surface area contributed by atoms with Gasteiger partial charge in [-0.3, -0.25) is 4.90 Å². The fourth-order valence-electron chi connectivity index (χ4n) is 2.88. The molecule has 19 heavy (non-hydrogen) atoms. The summed E-state index contributed by atoms with van der Waals surface area (Å²) < 4.78 is 5.44. The van der Waals surface area contributed by atoms with Crippen LogP contribution in [0.15, 0.2) is 18.2 Å². The summed E-state index contributed by atoms with van der Waals surface area (Å²) in [5.41, 5.74) is 7.78. The third-order valence-corrected chi connectivity index (χ3v) is 4.09. The van der Waals surface area contributed by atoms with E-state index < -0.39 is 0 Å². The van der Waals surface area contributed by atoms with Crippen molar-refractivity contribution >= 4 is 17.2 Å². The standard InChI is InChI=1S/C15H22N2OS/c1-10-6-11(2)17(8-10)9-13-7-12(15(16)19)4-5-14(13)18-3/h4-5,7,10-11H,6,8-9H2,1-3H3,(H2,16,19). The van der Waals surface area contributed by atoms with Crippen molar-refractivity contribution < 1.29 is 4.74 Å². The topological polar surface area (TPSA) is 38.5 Å². The summed E-state index contributed by atoms with van der Waals surface area (Å²) in [6, 6.07) is 6.54. The lowest BCUT2D eigenvalue weighted by Gasteiger charge is -2.22. The summed E-state index contributed by atoms with van der Waals surface area (Å²) >= 11 is 5.05. The highest BCUT2D eigenvalue weighted by atomic mass is 32.1. The maximum atomic E-state index is 5.71. The molecule has 0 aromatic heterocycles. The second-order valence-electron chi connectivity index (χ2n) is 5.51. The van der Waals surface area contributed by atoms with Gasteiger partial charge in [0.2, 0.25) is 0 Å². The van der Waals surface area contributed by atoms with Crippen LogP contribution in [-0.4, -0.2) is 29.6 Å². The summed E-state index contributed by atoms with van der Waals surface area (Å²) in [7, 11) is 1.70. The molecular formula is C15H22N2OS. The maximum absolute atomic E-state index is 5.71.